The average Bonchev–Trinajstić information content (AvgIpc) is 3.18. The molecule has 1 aliphatic carbocycles. The van der Waals surface area contributed by atoms with E-state index >= 15 is 0 Å². The second-order valence-corrected chi connectivity index (χ2v) is 8.19. The molecule has 2 amide bonds. The molecule has 2 rings (SSSR count). The van der Waals surface area contributed by atoms with Gasteiger partial charge in [0.1, 0.15) is 12.6 Å². The van der Waals surface area contributed by atoms with E-state index in [1.807, 2.05) is 13.8 Å². The molecule has 0 spiro atoms. The minimum absolute atomic E-state index is 0.0972. The Hall–Kier alpha value is -1.63. The van der Waals surface area contributed by atoms with Crippen LogP contribution in [0.4, 0.5) is 0 Å². The lowest BCUT2D eigenvalue weighted by Gasteiger charge is -2.33. The van der Waals surface area contributed by atoms with Gasteiger partial charge in [-0.3, -0.25) is 9.59 Å². The largest absolute Gasteiger partial charge is 0.467 e. The van der Waals surface area contributed by atoms with E-state index < -0.39 is 12.0 Å². The Kier molecular flexibility index (Phi) is 8.54. The van der Waals surface area contributed by atoms with Gasteiger partial charge in [-0.1, -0.05) is 33.1 Å². The molecule has 7 heteroatoms. The number of hydrogen-bond acceptors (Lipinski definition) is 5. The van der Waals surface area contributed by atoms with Crippen LogP contribution in [0, 0.1) is 5.92 Å². The summed E-state index contributed by atoms with van der Waals surface area (Å²) in [4.78, 5) is 39.6. The smallest absolute Gasteiger partial charge is 0.328 e. The van der Waals surface area contributed by atoms with Gasteiger partial charge in [0.15, 0.2) is 0 Å². The number of amides is 2. The first kappa shape index (κ1) is 21.7. The Morgan fingerprint density at radius 3 is 2.37 bits per heavy atom. The molecule has 0 aromatic rings. The van der Waals surface area contributed by atoms with Gasteiger partial charge in [-0.2, -0.15) is 0 Å². The van der Waals surface area contributed by atoms with Gasteiger partial charge in [-0.05, 0) is 44.6 Å². The lowest BCUT2D eigenvalue weighted by atomic mass is 9.95. The molecule has 7 nitrogen and oxygen atoms in total. The fraction of sp³-hybridized carbons (Fsp3) is 0.850. The van der Waals surface area contributed by atoms with Gasteiger partial charge < -0.3 is 20.3 Å². The van der Waals surface area contributed by atoms with Gasteiger partial charge >= 0.3 is 5.97 Å². The van der Waals surface area contributed by atoms with Crippen LogP contribution in [0.5, 0.6) is 0 Å². The van der Waals surface area contributed by atoms with Crippen molar-refractivity contribution >= 4 is 17.8 Å². The molecule has 0 aromatic heterocycles. The molecule has 0 unspecified atom stereocenters. The van der Waals surface area contributed by atoms with Crippen LogP contribution < -0.4 is 10.6 Å². The van der Waals surface area contributed by atoms with Crippen molar-refractivity contribution in [1.29, 1.82) is 0 Å². The second kappa shape index (κ2) is 10.6. The molecule has 1 aliphatic heterocycles. The number of methoxy groups -OCH3 is 1. The summed E-state index contributed by atoms with van der Waals surface area (Å²) < 4.78 is 4.95. The highest BCUT2D eigenvalue weighted by Gasteiger charge is 2.37. The Labute approximate surface area is 162 Å². The predicted octanol–water partition coefficient (Wildman–Crippen LogP) is 1.60. The molecule has 2 N–H and O–H groups in total. The number of nitrogens with one attached hydrogen (secondary N) is 2. The van der Waals surface area contributed by atoms with Gasteiger partial charge in [-0.25, -0.2) is 4.79 Å². The molecule has 1 heterocycles. The first-order chi connectivity index (χ1) is 12.9. The fourth-order valence-corrected chi connectivity index (χ4v) is 4.05. The van der Waals surface area contributed by atoms with Crippen LogP contribution in [-0.2, 0) is 19.1 Å². The van der Waals surface area contributed by atoms with Crippen molar-refractivity contribution in [3.63, 3.8) is 0 Å². The van der Waals surface area contributed by atoms with Crippen LogP contribution >= 0.6 is 0 Å². The molecule has 1 saturated heterocycles. The molecular formula is C20H35N3O4. The number of carbonyl (C=O) groups excluding carboxylic acids is 3. The summed E-state index contributed by atoms with van der Waals surface area (Å²) in [5.41, 5.74) is 0. The standard InChI is InChI=1S/C20H35N3O4/c1-14(2)12-17(20(26)27-3)23(19(25)16-10-7-11-21-16)13-18(24)22-15-8-5-4-6-9-15/h14-17,21H,4-13H2,1-3H3,(H,22,24)/t16-,17-/m0/s1. The monoisotopic (exact) mass is 381 g/mol. The summed E-state index contributed by atoms with van der Waals surface area (Å²) in [6, 6.07) is -0.886. The van der Waals surface area contributed by atoms with E-state index in [9.17, 15) is 14.4 Å². The minimum Gasteiger partial charge on any atom is -0.467 e. The highest BCUT2D eigenvalue weighted by molar-refractivity contribution is 5.91. The molecule has 0 bridgehead atoms. The molecule has 0 aromatic carbocycles. The number of carbonyl (C=O) groups is 3. The van der Waals surface area contributed by atoms with Crippen LogP contribution in [0.1, 0.15) is 65.2 Å². The van der Waals surface area contributed by atoms with Crippen LogP contribution in [0.15, 0.2) is 0 Å². The van der Waals surface area contributed by atoms with E-state index in [-0.39, 0.29) is 36.4 Å². The molecule has 2 atom stereocenters. The number of hydrogen-bond donors (Lipinski definition) is 2. The molecule has 0 radical (unpaired) electrons. The highest BCUT2D eigenvalue weighted by atomic mass is 16.5. The highest BCUT2D eigenvalue weighted by Crippen LogP contribution is 2.19. The van der Waals surface area contributed by atoms with Crippen LogP contribution in [0.25, 0.3) is 0 Å². The van der Waals surface area contributed by atoms with Crippen molar-refractivity contribution < 1.29 is 19.1 Å². The lowest BCUT2D eigenvalue weighted by molar-refractivity contribution is -0.155. The van der Waals surface area contributed by atoms with Gasteiger partial charge in [0.2, 0.25) is 11.8 Å². The molecule has 2 aliphatic rings. The fourth-order valence-electron chi connectivity index (χ4n) is 4.05. The maximum atomic E-state index is 13.1. The predicted molar refractivity (Wildman–Crippen MR) is 103 cm³/mol. The van der Waals surface area contributed by atoms with Crippen LogP contribution in [0.2, 0.25) is 0 Å². The first-order valence-electron chi connectivity index (χ1n) is 10.3. The lowest BCUT2D eigenvalue weighted by Crippen LogP contribution is -2.55. The Balaban J connectivity index is 2.12. The van der Waals surface area contributed by atoms with Crippen molar-refractivity contribution in [3.05, 3.63) is 0 Å². The van der Waals surface area contributed by atoms with E-state index in [0.717, 1.165) is 45.1 Å². The van der Waals surface area contributed by atoms with E-state index in [1.54, 1.807) is 0 Å². The normalized spacial score (nSPS) is 21.7. The summed E-state index contributed by atoms with van der Waals surface area (Å²) in [6.45, 7) is 4.68. The molecule has 154 valence electrons. The zero-order valence-corrected chi connectivity index (χ0v) is 17.0. The molecule has 1 saturated carbocycles. The summed E-state index contributed by atoms with van der Waals surface area (Å²) in [5.74, 6) is -0.629. The summed E-state index contributed by atoms with van der Waals surface area (Å²) >= 11 is 0. The van der Waals surface area contributed by atoms with E-state index in [1.165, 1.54) is 18.4 Å². The van der Waals surface area contributed by atoms with Crippen molar-refractivity contribution in [1.82, 2.24) is 15.5 Å². The second-order valence-electron chi connectivity index (χ2n) is 8.19. The van der Waals surface area contributed by atoms with Crippen molar-refractivity contribution in [2.75, 3.05) is 20.2 Å². The maximum Gasteiger partial charge on any atom is 0.328 e. The zero-order chi connectivity index (χ0) is 19.8. The quantitative estimate of drug-likeness (QED) is 0.624. The molecule has 2 fully saturated rings. The van der Waals surface area contributed by atoms with E-state index in [4.69, 9.17) is 4.74 Å². The number of nitrogens with zero attached hydrogens (tertiary/aromatic N) is 1. The summed E-state index contributed by atoms with van der Waals surface area (Å²) in [5, 5.41) is 6.24. The number of esters is 1. The average molecular weight is 382 g/mol. The van der Waals surface area contributed by atoms with Crippen LogP contribution in [0.3, 0.4) is 0 Å². The number of rotatable bonds is 8. The van der Waals surface area contributed by atoms with Gasteiger partial charge in [0, 0.05) is 6.04 Å². The minimum atomic E-state index is -0.734. The van der Waals surface area contributed by atoms with Gasteiger partial charge in [-0.15, -0.1) is 0 Å². The topological polar surface area (TPSA) is 87.7 Å². The van der Waals surface area contributed by atoms with Crippen LogP contribution in [-0.4, -0.2) is 61.0 Å². The third-order valence-electron chi connectivity index (χ3n) is 5.47. The van der Waals surface area contributed by atoms with Crippen molar-refractivity contribution in [2.24, 2.45) is 5.92 Å². The third-order valence-corrected chi connectivity index (χ3v) is 5.47. The summed E-state index contributed by atoms with van der Waals surface area (Å²) in [6.07, 6.45) is 7.55. The van der Waals surface area contributed by atoms with Crippen molar-refractivity contribution in [3.8, 4) is 0 Å². The molecular weight excluding hydrogens is 346 g/mol. The zero-order valence-electron chi connectivity index (χ0n) is 17.0. The van der Waals surface area contributed by atoms with E-state index in [0.29, 0.717) is 6.42 Å². The molecule has 27 heavy (non-hydrogen) atoms. The number of ether oxygens (including phenoxy) is 1. The Morgan fingerprint density at radius 1 is 1.11 bits per heavy atom. The van der Waals surface area contributed by atoms with Gasteiger partial charge in [0.25, 0.3) is 0 Å². The Bertz CT molecular complexity index is 511. The maximum absolute atomic E-state index is 13.1. The SMILES string of the molecule is COC(=O)[C@H](CC(C)C)N(CC(=O)NC1CCCCC1)C(=O)[C@@H]1CCCN1. The Morgan fingerprint density at radius 2 is 1.81 bits per heavy atom. The van der Waals surface area contributed by atoms with Crippen molar-refractivity contribution in [2.45, 2.75) is 83.3 Å². The third kappa shape index (κ3) is 6.48. The van der Waals surface area contributed by atoms with Gasteiger partial charge in [0.05, 0.1) is 13.2 Å². The van der Waals surface area contributed by atoms with E-state index in [2.05, 4.69) is 10.6 Å². The first-order valence-corrected chi connectivity index (χ1v) is 10.3. The summed E-state index contributed by atoms with van der Waals surface area (Å²) in [7, 11) is 1.33.